The molecule has 1 unspecified atom stereocenters. The molecular formula is C18H21N5O. The molecule has 3 aromatic rings. The molecule has 0 bridgehead atoms. The van der Waals surface area contributed by atoms with Crippen LogP contribution in [-0.2, 0) is 0 Å². The van der Waals surface area contributed by atoms with Crippen LogP contribution in [0.25, 0.3) is 21.8 Å². The van der Waals surface area contributed by atoms with Crippen molar-refractivity contribution in [3.63, 3.8) is 0 Å². The van der Waals surface area contributed by atoms with Gasteiger partial charge in [-0.05, 0) is 32.4 Å². The SMILES string of the molecule is CC(C)NC(=O)N1CCC(c2[nH]ccc3cnc4nccc4c23)C1. The fourth-order valence-corrected chi connectivity index (χ4v) is 3.54. The first kappa shape index (κ1) is 14.9. The number of H-pyrrole nitrogens is 1. The Balaban J connectivity index is 1.70. The smallest absolute Gasteiger partial charge is 0.317 e. The third-order valence-corrected chi connectivity index (χ3v) is 4.63. The number of hydrogen-bond donors (Lipinski definition) is 2. The molecule has 2 N–H and O–H groups in total. The molecule has 0 aromatic carbocycles. The molecule has 1 aliphatic rings. The Kier molecular flexibility index (Phi) is 3.59. The molecule has 0 saturated carbocycles. The number of amides is 2. The van der Waals surface area contributed by atoms with E-state index < -0.39 is 0 Å². The minimum atomic E-state index is 0.0227. The van der Waals surface area contributed by atoms with E-state index in [2.05, 4.69) is 20.3 Å². The van der Waals surface area contributed by atoms with Gasteiger partial charge in [0, 0.05) is 65.5 Å². The number of aromatic amines is 1. The lowest BCUT2D eigenvalue weighted by atomic mass is 9.97. The van der Waals surface area contributed by atoms with Gasteiger partial charge in [0.15, 0.2) is 5.65 Å². The molecular weight excluding hydrogens is 302 g/mol. The highest BCUT2D eigenvalue weighted by atomic mass is 16.2. The van der Waals surface area contributed by atoms with Gasteiger partial charge in [-0.1, -0.05) is 0 Å². The van der Waals surface area contributed by atoms with Crippen LogP contribution in [0, 0.1) is 0 Å². The third-order valence-electron chi connectivity index (χ3n) is 4.63. The molecule has 6 heteroatoms. The number of carbonyl (C=O) groups excluding carboxylic acids is 1. The van der Waals surface area contributed by atoms with Crippen molar-refractivity contribution < 1.29 is 4.79 Å². The fraction of sp³-hybridized carbons (Fsp3) is 0.389. The van der Waals surface area contributed by atoms with Crippen molar-refractivity contribution in [3.05, 3.63) is 36.4 Å². The van der Waals surface area contributed by atoms with Gasteiger partial charge in [-0.2, -0.15) is 0 Å². The molecule has 4 heterocycles. The Morgan fingerprint density at radius 2 is 2.25 bits per heavy atom. The monoisotopic (exact) mass is 323 g/mol. The van der Waals surface area contributed by atoms with Gasteiger partial charge in [-0.3, -0.25) is 0 Å². The number of urea groups is 1. The fourth-order valence-electron chi connectivity index (χ4n) is 3.54. The van der Waals surface area contributed by atoms with E-state index in [0.717, 1.165) is 35.9 Å². The lowest BCUT2D eigenvalue weighted by Gasteiger charge is -2.19. The maximum Gasteiger partial charge on any atom is 0.317 e. The predicted molar refractivity (Wildman–Crippen MR) is 94.0 cm³/mol. The lowest BCUT2D eigenvalue weighted by Crippen LogP contribution is -2.41. The number of rotatable bonds is 2. The topological polar surface area (TPSA) is 73.9 Å². The Morgan fingerprint density at radius 3 is 3.08 bits per heavy atom. The van der Waals surface area contributed by atoms with Gasteiger partial charge in [0.1, 0.15) is 0 Å². The normalized spacial score (nSPS) is 18.0. The summed E-state index contributed by atoms with van der Waals surface area (Å²) in [5.41, 5.74) is 1.95. The minimum Gasteiger partial charge on any atom is -0.364 e. The second-order valence-electron chi connectivity index (χ2n) is 6.70. The summed E-state index contributed by atoms with van der Waals surface area (Å²) in [4.78, 5) is 26.3. The zero-order valence-corrected chi connectivity index (χ0v) is 13.9. The highest BCUT2D eigenvalue weighted by Crippen LogP contribution is 2.34. The molecule has 4 rings (SSSR count). The summed E-state index contributed by atoms with van der Waals surface area (Å²) in [6.07, 6.45) is 6.59. The van der Waals surface area contributed by atoms with E-state index in [9.17, 15) is 4.79 Å². The highest BCUT2D eigenvalue weighted by molar-refractivity contribution is 6.06. The molecule has 2 amide bonds. The van der Waals surface area contributed by atoms with Crippen LogP contribution in [0.15, 0.2) is 30.7 Å². The van der Waals surface area contributed by atoms with Crippen LogP contribution in [0.5, 0.6) is 0 Å². The van der Waals surface area contributed by atoms with Crippen molar-refractivity contribution in [1.82, 2.24) is 25.2 Å². The molecule has 3 aromatic heterocycles. The van der Waals surface area contributed by atoms with Gasteiger partial charge in [0.25, 0.3) is 0 Å². The van der Waals surface area contributed by atoms with E-state index in [1.54, 1.807) is 6.20 Å². The number of carbonyl (C=O) groups is 1. The molecule has 1 fully saturated rings. The van der Waals surface area contributed by atoms with Crippen molar-refractivity contribution >= 4 is 27.8 Å². The Morgan fingerprint density at radius 1 is 1.38 bits per heavy atom. The summed E-state index contributed by atoms with van der Waals surface area (Å²) in [6.45, 7) is 5.47. The molecule has 1 aliphatic heterocycles. The number of aromatic nitrogens is 3. The zero-order chi connectivity index (χ0) is 16.7. The second kappa shape index (κ2) is 5.78. The largest absolute Gasteiger partial charge is 0.364 e. The third kappa shape index (κ3) is 2.48. The second-order valence-corrected chi connectivity index (χ2v) is 6.70. The van der Waals surface area contributed by atoms with Gasteiger partial charge < -0.3 is 15.2 Å². The Hall–Kier alpha value is -2.63. The first-order valence-electron chi connectivity index (χ1n) is 8.39. The van der Waals surface area contributed by atoms with Crippen molar-refractivity contribution in [2.75, 3.05) is 13.1 Å². The van der Waals surface area contributed by atoms with Crippen LogP contribution in [0.3, 0.4) is 0 Å². The Labute approximate surface area is 140 Å². The molecule has 24 heavy (non-hydrogen) atoms. The van der Waals surface area contributed by atoms with Crippen LogP contribution < -0.4 is 5.32 Å². The molecule has 6 nitrogen and oxygen atoms in total. The summed E-state index contributed by atoms with van der Waals surface area (Å²) < 4.78 is 0. The quantitative estimate of drug-likeness (QED) is 0.761. The van der Waals surface area contributed by atoms with E-state index in [1.165, 1.54) is 11.1 Å². The van der Waals surface area contributed by atoms with Crippen molar-refractivity contribution in [1.29, 1.82) is 0 Å². The van der Waals surface area contributed by atoms with E-state index in [-0.39, 0.29) is 12.1 Å². The average molecular weight is 323 g/mol. The molecule has 0 spiro atoms. The summed E-state index contributed by atoms with van der Waals surface area (Å²) in [6, 6.07) is 4.23. The van der Waals surface area contributed by atoms with E-state index >= 15 is 0 Å². The van der Waals surface area contributed by atoms with E-state index in [0.29, 0.717) is 5.92 Å². The van der Waals surface area contributed by atoms with Gasteiger partial charge in [0.05, 0.1) is 0 Å². The maximum absolute atomic E-state index is 12.3. The summed E-state index contributed by atoms with van der Waals surface area (Å²) in [5, 5.41) is 6.33. The zero-order valence-electron chi connectivity index (χ0n) is 13.9. The van der Waals surface area contributed by atoms with Gasteiger partial charge in [-0.15, -0.1) is 0 Å². The number of hydrogen-bond acceptors (Lipinski definition) is 3. The number of likely N-dealkylation sites (tertiary alicyclic amines) is 1. The molecule has 124 valence electrons. The van der Waals surface area contributed by atoms with E-state index in [4.69, 9.17) is 0 Å². The molecule has 0 aliphatic carbocycles. The van der Waals surface area contributed by atoms with Crippen LogP contribution in [0.1, 0.15) is 31.9 Å². The van der Waals surface area contributed by atoms with Gasteiger partial charge in [0.2, 0.25) is 0 Å². The highest BCUT2D eigenvalue weighted by Gasteiger charge is 2.29. The van der Waals surface area contributed by atoms with Crippen molar-refractivity contribution in [2.24, 2.45) is 0 Å². The number of nitrogens with one attached hydrogen (secondary N) is 2. The van der Waals surface area contributed by atoms with Gasteiger partial charge in [-0.25, -0.2) is 14.8 Å². The summed E-state index contributed by atoms with van der Waals surface area (Å²) >= 11 is 0. The van der Waals surface area contributed by atoms with Crippen LogP contribution in [0.4, 0.5) is 4.79 Å². The van der Waals surface area contributed by atoms with E-state index in [1.807, 2.05) is 43.3 Å². The standard InChI is InChI=1S/C18H21N5O/c1-11(2)22-18(24)23-8-5-13(10-23)16-15-12(3-6-19-16)9-21-17-14(15)4-7-20-17/h3-4,6-7,9,11,13,19H,5,8,10H2,1-2H3,(H,22,24). The summed E-state index contributed by atoms with van der Waals surface area (Å²) in [5.74, 6) is 0.298. The molecule has 1 saturated heterocycles. The first-order chi connectivity index (χ1) is 11.6. The maximum atomic E-state index is 12.3. The first-order valence-corrected chi connectivity index (χ1v) is 8.39. The van der Waals surface area contributed by atoms with Crippen molar-refractivity contribution in [2.45, 2.75) is 32.2 Å². The molecule has 0 radical (unpaired) electrons. The lowest BCUT2D eigenvalue weighted by molar-refractivity contribution is 0.205. The van der Waals surface area contributed by atoms with Crippen LogP contribution in [0.2, 0.25) is 0 Å². The van der Waals surface area contributed by atoms with Crippen LogP contribution in [-0.4, -0.2) is 45.0 Å². The predicted octanol–water partition coefficient (Wildman–Crippen LogP) is 3.02. The average Bonchev–Trinajstić information content (AvgIpc) is 3.22. The summed E-state index contributed by atoms with van der Waals surface area (Å²) in [7, 11) is 0. The number of fused-ring (bicyclic) bond motifs is 3. The Bertz CT molecular complexity index is 901. The van der Waals surface area contributed by atoms with Gasteiger partial charge >= 0.3 is 6.03 Å². The van der Waals surface area contributed by atoms with Crippen molar-refractivity contribution in [3.8, 4) is 0 Å². The number of nitrogens with zero attached hydrogens (tertiary/aromatic N) is 3. The van der Waals surface area contributed by atoms with Crippen LogP contribution >= 0.6 is 0 Å². The minimum absolute atomic E-state index is 0.0227. The number of pyridine rings is 2. The molecule has 1 atom stereocenters.